The van der Waals surface area contributed by atoms with Crippen LogP contribution in [0, 0.1) is 0 Å². The molecule has 0 amide bonds. The Hall–Kier alpha value is -15.1. The van der Waals surface area contributed by atoms with Gasteiger partial charge in [-0.2, -0.15) is 0 Å². The van der Waals surface area contributed by atoms with E-state index in [0.29, 0.717) is 15.8 Å². The van der Waals surface area contributed by atoms with Crippen molar-refractivity contribution in [2.24, 2.45) is 0 Å². The van der Waals surface area contributed by atoms with Crippen molar-refractivity contribution in [1.29, 1.82) is 0 Å². The van der Waals surface area contributed by atoms with Gasteiger partial charge < -0.3 is 30.8 Å². The van der Waals surface area contributed by atoms with Crippen LogP contribution >= 0.6 is 70.4 Å². The number of para-hydroxylation sites is 5. The molecule has 20 heteroatoms. The molecule has 0 saturated heterocycles. The number of nitrogens with two attached hydrogens (primary N) is 1. The Morgan fingerprint density at radius 1 is 0.302 bits per heavy atom. The number of anilines is 1. The minimum absolute atomic E-state index is 0.0736. The Morgan fingerprint density at radius 2 is 0.604 bits per heavy atom. The van der Waals surface area contributed by atoms with E-state index in [9.17, 15) is 24.4 Å². The summed E-state index contributed by atoms with van der Waals surface area (Å²) in [6, 6.07) is 155. The Morgan fingerprint density at radius 3 is 1.00 bits per heavy atom. The van der Waals surface area contributed by atoms with Crippen LogP contribution in [0.3, 0.4) is 0 Å². The SMILES string of the molecule is Nc1cc(Br)ccc1Cc1ccccc1.O=c1[nH]c2cc(Br)ccc2n1-c1ccccc1.O=c1n(-c2ccccc2)c2ccc(-c3c4ccccc4c(-c4ccc5ccccc5c4)c4ccccc34)cc2n1-c1ccccc1.O=c1n(-c2ccccc2)c2ccc(Br)cc2n1-c1ccccc1.OB(O)c1c2ccccc2c(-c2ccc3ccccc3c2)c2ccccc12.OB(O)c1ccccc1.[2H]CI. The van der Waals surface area contributed by atoms with Crippen LogP contribution < -0.4 is 33.7 Å². The lowest BCUT2D eigenvalue weighted by Gasteiger charge is -2.18. The Kier molecular flexibility index (Phi) is 29.1. The van der Waals surface area contributed by atoms with Crippen molar-refractivity contribution in [2.75, 3.05) is 10.6 Å². The molecule has 0 aliphatic carbocycles. The number of hydrogen-bond acceptors (Lipinski definition) is 8. The highest BCUT2D eigenvalue weighted by atomic mass is 127. The number of alkyl halides is 1. The van der Waals surface area contributed by atoms with E-state index in [2.05, 4.69) is 223 Å². The van der Waals surface area contributed by atoms with E-state index in [1.165, 1.54) is 65.3 Å². The lowest BCUT2D eigenvalue weighted by molar-refractivity contribution is 0.425. The van der Waals surface area contributed by atoms with Crippen molar-refractivity contribution >= 4 is 199 Å². The number of fused-ring (bicyclic) bond motifs is 9. The zero-order valence-corrected chi connectivity index (χ0v) is 81.8. The molecule has 0 atom stereocenters. The number of imidazole rings is 3. The Balaban J connectivity index is 0.000000119. The van der Waals surface area contributed by atoms with Crippen LogP contribution in [0.2, 0.25) is 0 Å². The average molecular weight is 2120 g/mol. The van der Waals surface area contributed by atoms with E-state index in [1.54, 1.807) is 38.0 Å². The van der Waals surface area contributed by atoms with Crippen molar-refractivity contribution in [3.8, 4) is 61.8 Å². The van der Waals surface area contributed by atoms with Gasteiger partial charge in [0.1, 0.15) is 0 Å². The molecule has 0 spiro atoms. The molecule has 676 valence electrons. The highest BCUT2D eigenvalue weighted by Gasteiger charge is 2.26. The van der Waals surface area contributed by atoms with Crippen molar-refractivity contribution in [3.63, 3.8) is 0 Å². The van der Waals surface area contributed by atoms with E-state index in [0.717, 1.165) is 131 Å². The zero-order chi connectivity index (χ0) is 96.7. The molecule has 0 aliphatic heterocycles. The molecule has 7 N–H and O–H groups in total. The summed E-state index contributed by atoms with van der Waals surface area (Å²) in [5.74, 6) is 0. The number of nitrogen functional groups attached to an aromatic ring is 1. The molecular formula is C119H89B2Br3IN7O7. The third-order valence-corrected chi connectivity index (χ3v) is 25.8. The molecule has 0 bridgehead atoms. The number of rotatable bonds is 12. The van der Waals surface area contributed by atoms with Gasteiger partial charge in [-0.3, -0.25) is 22.8 Å². The lowest BCUT2D eigenvalue weighted by Crippen LogP contribution is -2.31. The molecule has 0 fully saturated rings. The summed E-state index contributed by atoms with van der Waals surface area (Å²) in [5, 5.41) is 50.7. The predicted molar refractivity (Wildman–Crippen MR) is 599 cm³/mol. The molecule has 14 nitrogen and oxygen atoms in total. The predicted octanol–water partition coefficient (Wildman–Crippen LogP) is 26.7. The first-order valence-electron chi connectivity index (χ1n) is 45.6. The number of halogens is 4. The van der Waals surface area contributed by atoms with Gasteiger partial charge in [0.05, 0.1) is 61.5 Å². The summed E-state index contributed by atoms with van der Waals surface area (Å²) in [4.78, 5) is 42.5. The van der Waals surface area contributed by atoms with E-state index in [4.69, 9.17) is 17.2 Å². The quantitative estimate of drug-likeness (QED) is 0.0228. The molecule has 0 aliphatic rings. The number of nitrogens with zero attached hydrogens (tertiary/aromatic N) is 5. The van der Waals surface area contributed by atoms with E-state index in [-0.39, 0.29) is 17.1 Å². The van der Waals surface area contributed by atoms with Crippen molar-refractivity contribution < 1.29 is 21.5 Å². The van der Waals surface area contributed by atoms with Crippen molar-refractivity contribution in [1.82, 2.24) is 27.8 Å². The largest absolute Gasteiger partial charge is 0.489 e. The zero-order valence-electron chi connectivity index (χ0n) is 75.9. The van der Waals surface area contributed by atoms with Gasteiger partial charge in [0, 0.05) is 20.5 Å². The minimum Gasteiger partial charge on any atom is -0.423 e. The average Bonchev–Trinajstić information content (AvgIpc) is 1.64. The second kappa shape index (κ2) is 43.5. The molecule has 0 unspecified atom stereocenters. The van der Waals surface area contributed by atoms with Gasteiger partial charge in [-0.15, -0.1) is 0 Å². The summed E-state index contributed by atoms with van der Waals surface area (Å²) in [6.45, 7) is 0. The highest BCUT2D eigenvalue weighted by Crippen LogP contribution is 2.46. The second-order valence-electron chi connectivity index (χ2n) is 32.9. The maximum absolute atomic E-state index is 14.2. The summed E-state index contributed by atoms with van der Waals surface area (Å²) in [7, 11) is -2.86. The van der Waals surface area contributed by atoms with Gasteiger partial charge in [0.25, 0.3) is 0 Å². The maximum Gasteiger partial charge on any atom is 0.489 e. The summed E-state index contributed by atoms with van der Waals surface area (Å²) >= 11 is 12.3. The van der Waals surface area contributed by atoms with Crippen molar-refractivity contribution in [2.45, 2.75) is 6.42 Å². The molecule has 24 rings (SSSR count). The number of aromatic amines is 1. The first-order chi connectivity index (χ1) is 68.5. The Labute approximate surface area is 843 Å². The molecule has 0 radical (unpaired) electrons. The fourth-order valence-corrected chi connectivity index (χ4v) is 19.2. The van der Waals surface area contributed by atoms with Gasteiger partial charge in [0.2, 0.25) is 0 Å². The fourth-order valence-electron chi connectivity index (χ4n) is 18.1. The van der Waals surface area contributed by atoms with Gasteiger partial charge in [-0.05, 0) is 265 Å². The van der Waals surface area contributed by atoms with Gasteiger partial charge >= 0.3 is 31.3 Å². The lowest BCUT2D eigenvalue weighted by atomic mass is 9.72. The second-order valence-corrected chi connectivity index (χ2v) is 35.6. The monoisotopic (exact) mass is 2110 g/mol. The molecule has 21 aromatic carbocycles. The van der Waals surface area contributed by atoms with Crippen LogP contribution in [-0.4, -0.2) is 67.1 Å². The first kappa shape index (κ1) is 93.0. The van der Waals surface area contributed by atoms with Crippen LogP contribution in [-0.2, 0) is 6.42 Å². The molecule has 139 heavy (non-hydrogen) atoms. The number of benzene rings is 21. The first-order valence-corrected chi connectivity index (χ1v) is 48.8. The maximum atomic E-state index is 14.2. The van der Waals surface area contributed by atoms with Gasteiger partial charge in [0.15, 0.2) is 0 Å². The molecule has 24 aromatic rings. The van der Waals surface area contributed by atoms with Crippen LogP contribution in [0.15, 0.2) is 495 Å². The van der Waals surface area contributed by atoms with E-state index < -0.39 is 14.2 Å². The van der Waals surface area contributed by atoms with Crippen molar-refractivity contribution in [3.05, 3.63) is 523 Å². The normalized spacial score (nSPS) is 11.0. The highest BCUT2D eigenvalue weighted by molar-refractivity contribution is 14.1. The Bertz CT molecular complexity index is 8630. The van der Waals surface area contributed by atoms with Crippen LogP contribution in [0.25, 0.3) is 160 Å². The third kappa shape index (κ3) is 20.4. The number of hydrogen-bond donors (Lipinski definition) is 6. The minimum atomic E-state index is -1.52. The topological polar surface area (TPSA) is 199 Å². The molecule has 3 heterocycles. The third-order valence-electron chi connectivity index (χ3n) is 24.3. The smallest absolute Gasteiger partial charge is 0.423 e. The molecule has 0 saturated carbocycles. The summed E-state index contributed by atoms with van der Waals surface area (Å²) in [5.41, 5.74) is 26.4. The number of aromatic nitrogens is 6. The number of nitrogens with one attached hydrogen (secondary N) is 1. The summed E-state index contributed by atoms with van der Waals surface area (Å²) in [6.07, 6.45) is 0.889. The van der Waals surface area contributed by atoms with Crippen LogP contribution in [0.5, 0.6) is 0 Å². The van der Waals surface area contributed by atoms with E-state index in [1.807, 2.05) is 305 Å². The molecular weight excluding hydrogens is 2030 g/mol. The van der Waals surface area contributed by atoms with Gasteiger partial charge in [-0.1, -0.05) is 404 Å². The van der Waals surface area contributed by atoms with Crippen LogP contribution in [0.4, 0.5) is 5.69 Å². The van der Waals surface area contributed by atoms with E-state index >= 15 is 0 Å². The summed E-state index contributed by atoms with van der Waals surface area (Å²) < 4.78 is 17.9. The van der Waals surface area contributed by atoms with Crippen LogP contribution in [0.1, 0.15) is 12.5 Å². The molecule has 3 aromatic heterocycles. The fraction of sp³-hybridized carbons (Fsp3) is 0.0168. The standard InChI is InChI=1S/C43H28N2O.C24H17BO2.C19H13BrN2O.C13H9BrN2O.C13H12BrN.C6H7BO2.CH3I/c46-43-44(33-15-3-1-4-16-33)39-26-25-32(28-40(39)45(43)34-17-5-2-6-18-34)42-37-21-11-9-19-35(37)41(36-20-10-12-22-38(36)42)31-24-23-29-13-7-8-14-30(29)27-31;26-25(27)24-21-11-5-3-9-19(21)23(20-10-4-6-12-22(20)24)18-14-13-16-7-1-2-8-17(16)15-18;20-14-11-12-17-18(13-14)22(16-9-5-2-6-10-16)19(23)21(17)15-7-3-1-4-8-15;14-9-6-7-12-11(8-9)15-13(17)16(12)10-4-2-1-3-5-10;14-12-7-6-11(13(15)9-12)8-10-4-2-1-3-5-10;8-7(9)6-4-2-1-3-5-6;1-2/h1-28H;1-15,26-27H;1-13H;1-8H,(H,15,17);1-7,9H,8,15H2;1-5,8-9H;1H3/i;;;;;;1D. The van der Waals surface area contributed by atoms with Gasteiger partial charge in [-0.25, -0.2) is 14.4 Å². The number of H-pyrrole nitrogens is 1.